The molecular formula is C19H21N3S. The summed E-state index contributed by atoms with van der Waals surface area (Å²) in [6, 6.07) is 18.7. The average molecular weight is 323 g/mol. The van der Waals surface area contributed by atoms with Crippen molar-refractivity contribution in [3.8, 4) is 0 Å². The van der Waals surface area contributed by atoms with Crippen LogP contribution in [0.1, 0.15) is 19.4 Å². The number of allylic oxidation sites excluding steroid dienone is 1. The molecule has 118 valence electrons. The van der Waals surface area contributed by atoms with E-state index in [9.17, 15) is 0 Å². The number of aromatic nitrogens is 1. The molecule has 0 unspecified atom stereocenters. The first-order valence-corrected chi connectivity index (χ1v) is 8.58. The van der Waals surface area contributed by atoms with Gasteiger partial charge in [-0.05, 0) is 23.6 Å². The van der Waals surface area contributed by atoms with E-state index in [4.69, 9.17) is 0 Å². The number of fused-ring (bicyclic) bond motifs is 1. The van der Waals surface area contributed by atoms with Crippen molar-refractivity contribution in [2.45, 2.75) is 13.8 Å². The molecule has 0 bridgehead atoms. The van der Waals surface area contributed by atoms with Gasteiger partial charge in [-0.3, -0.25) is 5.43 Å². The minimum Gasteiger partial charge on any atom is -0.318 e. The molecule has 4 heteroatoms. The van der Waals surface area contributed by atoms with Crippen molar-refractivity contribution in [2.75, 3.05) is 0 Å². The predicted octanol–water partition coefficient (Wildman–Crippen LogP) is 4.34. The first-order chi connectivity index (χ1) is 11.1. The molecule has 3 rings (SSSR count). The van der Waals surface area contributed by atoms with Crippen molar-refractivity contribution >= 4 is 27.3 Å². The van der Waals surface area contributed by atoms with Gasteiger partial charge in [0.2, 0.25) is 4.80 Å². The molecule has 0 fully saturated rings. The van der Waals surface area contributed by atoms with Gasteiger partial charge in [0.05, 0.1) is 15.9 Å². The van der Waals surface area contributed by atoms with Crippen LogP contribution in [0.25, 0.3) is 15.9 Å². The van der Waals surface area contributed by atoms with Crippen LogP contribution in [-0.2, 0) is 7.05 Å². The van der Waals surface area contributed by atoms with E-state index in [0.717, 1.165) is 16.1 Å². The number of rotatable bonds is 4. The lowest BCUT2D eigenvalue weighted by Crippen LogP contribution is -2.17. The Morgan fingerprint density at radius 3 is 2.48 bits per heavy atom. The van der Waals surface area contributed by atoms with Gasteiger partial charge in [0, 0.05) is 7.05 Å². The van der Waals surface area contributed by atoms with Gasteiger partial charge in [0.15, 0.2) is 0 Å². The molecule has 0 atom stereocenters. The third-order valence-corrected chi connectivity index (χ3v) is 4.68. The lowest BCUT2D eigenvalue weighted by molar-refractivity contribution is 0.805. The van der Waals surface area contributed by atoms with Gasteiger partial charge in [0.25, 0.3) is 0 Å². The van der Waals surface area contributed by atoms with Gasteiger partial charge in [-0.15, -0.1) is 5.10 Å². The van der Waals surface area contributed by atoms with E-state index in [1.54, 1.807) is 11.3 Å². The zero-order chi connectivity index (χ0) is 16.2. The highest BCUT2D eigenvalue weighted by Crippen LogP contribution is 2.16. The number of nitrogens with one attached hydrogen (secondary N) is 1. The first-order valence-electron chi connectivity index (χ1n) is 7.76. The Morgan fingerprint density at radius 1 is 1.09 bits per heavy atom. The van der Waals surface area contributed by atoms with Gasteiger partial charge in [0.1, 0.15) is 0 Å². The lowest BCUT2D eigenvalue weighted by Gasteiger charge is -2.08. The SMILES string of the molecule is CC(C)/C=C(/N/N=c1\sc2ccccc2n1C)c1ccccc1. The predicted molar refractivity (Wildman–Crippen MR) is 98.8 cm³/mol. The molecule has 0 saturated heterocycles. The highest BCUT2D eigenvalue weighted by Gasteiger charge is 2.04. The summed E-state index contributed by atoms with van der Waals surface area (Å²) in [7, 11) is 2.05. The topological polar surface area (TPSA) is 29.3 Å². The molecule has 0 spiro atoms. The van der Waals surface area contributed by atoms with Crippen molar-refractivity contribution < 1.29 is 0 Å². The summed E-state index contributed by atoms with van der Waals surface area (Å²) >= 11 is 1.69. The molecule has 1 N–H and O–H groups in total. The summed E-state index contributed by atoms with van der Waals surface area (Å²) < 4.78 is 3.36. The summed E-state index contributed by atoms with van der Waals surface area (Å²) in [5.41, 5.74) is 6.65. The van der Waals surface area contributed by atoms with Gasteiger partial charge >= 0.3 is 0 Å². The Labute approximate surface area is 140 Å². The molecule has 23 heavy (non-hydrogen) atoms. The molecule has 3 aromatic rings. The number of thiazole rings is 1. The third kappa shape index (κ3) is 3.54. The van der Waals surface area contributed by atoms with E-state index in [1.165, 1.54) is 10.2 Å². The van der Waals surface area contributed by atoms with E-state index >= 15 is 0 Å². The highest BCUT2D eigenvalue weighted by molar-refractivity contribution is 7.16. The van der Waals surface area contributed by atoms with Crippen molar-refractivity contribution in [1.82, 2.24) is 9.99 Å². The molecule has 3 nitrogen and oxygen atoms in total. The Bertz CT molecular complexity index is 886. The largest absolute Gasteiger partial charge is 0.318 e. The van der Waals surface area contributed by atoms with Gasteiger partial charge in [-0.2, -0.15) is 0 Å². The Balaban J connectivity index is 1.98. The van der Waals surface area contributed by atoms with Gasteiger partial charge in [-0.1, -0.05) is 73.7 Å². The Morgan fingerprint density at radius 2 is 1.78 bits per heavy atom. The molecule has 1 heterocycles. The second-order valence-corrected chi connectivity index (χ2v) is 6.83. The molecule has 0 amide bonds. The number of aryl methyl sites for hydroxylation is 1. The molecule has 0 radical (unpaired) electrons. The lowest BCUT2D eigenvalue weighted by atomic mass is 10.1. The van der Waals surface area contributed by atoms with Crippen LogP contribution in [0.5, 0.6) is 0 Å². The van der Waals surface area contributed by atoms with Crippen LogP contribution in [0.4, 0.5) is 0 Å². The zero-order valence-electron chi connectivity index (χ0n) is 13.7. The van der Waals surface area contributed by atoms with E-state index in [-0.39, 0.29) is 0 Å². The number of nitrogens with zero attached hydrogens (tertiary/aromatic N) is 2. The van der Waals surface area contributed by atoms with E-state index in [2.05, 4.69) is 71.4 Å². The Kier molecular flexibility index (Phi) is 4.63. The standard InChI is InChI=1S/C19H21N3S/c1-14(2)13-16(15-9-5-4-6-10-15)20-21-19-22(3)17-11-7-8-12-18(17)23-19/h4-14,20H,1-3H3/b16-13+,21-19-. The maximum atomic E-state index is 4.64. The van der Waals surface area contributed by atoms with Crippen molar-refractivity contribution in [1.29, 1.82) is 0 Å². The maximum absolute atomic E-state index is 4.64. The van der Waals surface area contributed by atoms with Crippen LogP contribution >= 0.6 is 11.3 Å². The first kappa shape index (κ1) is 15.6. The van der Waals surface area contributed by atoms with Crippen LogP contribution in [0.2, 0.25) is 0 Å². The number of hydrogen-bond donors (Lipinski definition) is 1. The number of para-hydroxylation sites is 1. The van der Waals surface area contributed by atoms with E-state index < -0.39 is 0 Å². The second-order valence-electron chi connectivity index (χ2n) is 5.83. The molecule has 1 aromatic heterocycles. The minimum atomic E-state index is 0.448. The minimum absolute atomic E-state index is 0.448. The third-order valence-electron chi connectivity index (χ3n) is 3.57. The highest BCUT2D eigenvalue weighted by atomic mass is 32.1. The van der Waals surface area contributed by atoms with Crippen LogP contribution in [0.3, 0.4) is 0 Å². The Hall–Kier alpha value is -2.33. The quantitative estimate of drug-likeness (QED) is 0.711. The average Bonchev–Trinajstić information content (AvgIpc) is 2.88. The van der Waals surface area contributed by atoms with Gasteiger partial charge < -0.3 is 4.57 Å². The van der Waals surface area contributed by atoms with Crippen LogP contribution in [0, 0.1) is 5.92 Å². The molecule has 0 aliphatic carbocycles. The van der Waals surface area contributed by atoms with Gasteiger partial charge in [-0.25, -0.2) is 0 Å². The molecule has 2 aromatic carbocycles. The summed E-state index contributed by atoms with van der Waals surface area (Å²) in [5, 5.41) is 4.64. The molecule has 0 saturated carbocycles. The summed E-state index contributed by atoms with van der Waals surface area (Å²) in [6.45, 7) is 4.34. The number of benzene rings is 2. The van der Waals surface area contributed by atoms with Crippen LogP contribution in [-0.4, -0.2) is 4.57 Å². The van der Waals surface area contributed by atoms with Crippen molar-refractivity contribution in [3.63, 3.8) is 0 Å². The maximum Gasteiger partial charge on any atom is 0.208 e. The van der Waals surface area contributed by atoms with Crippen molar-refractivity contribution in [2.24, 2.45) is 18.1 Å². The van der Waals surface area contributed by atoms with E-state index in [1.807, 2.05) is 25.2 Å². The fourth-order valence-corrected chi connectivity index (χ4v) is 3.42. The summed E-state index contributed by atoms with van der Waals surface area (Å²) in [4.78, 5) is 0.955. The van der Waals surface area contributed by atoms with Crippen LogP contribution in [0.15, 0.2) is 65.8 Å². The smallest absolute Gasteiger partial charge is 0.208 e. The summed E-state index contributed by atoms with van der Waals surface area (Å²) in [6.07, 6.45) is 2.20. The molecule has 0 aliphatic heterocycles. The normalized spacial score (nSPS) is 13.0. The second kappa shape index (κ2) is 6.84. The fraction of sp³-hybridized carbons (Fsp3) is 0.211. The fourth-order valence-electron chi connectivity index (χ4n) is 2.45. The monoisotopic (exact) mass is 323 g/mol. The van der Waals surface area contributed by atoms with Crippen molar-refractivity contribution in [3.05, 3.63) is 71.0 Å². The zero-order valence-corrected chi connectivity index (χ0v) is 14.5. The molecular weight excluding hydrogens is 302 g/mol. The van der Waals surface area contributed by atoms with E-state index in [0.29, 0.717) is 5.92 Å². The summed E-state index contributed by atoms with van der Waals surface area (Å²) in [5.74, 6) is 0.448. The van der Waals surface area contributed by atoms with Crippen LogP contribution < -0.4 is 10.2 Å². The number of hydrogen-bond acceptors (Lipinski definition) is 3. The molecule has 0 aliphatic rings.